The maximum absolute atomic E-state index is 11.9. The summed E-state index contributed by atoms with van der Waals surface area (Å²) in [7, 11) is -7.70. The highest BCUT2D eigenvalue weighted by Crippen LogP contribution is 2.48. The van der Waals surface area contributed by atoms with Gasteiger partial charge in [-0.15, -0.1) is 0 Å². The summed E-state index contributed by atoms with van der Waals surface area (Å²) in [5.41, 5.74) is 14.3. The molecule has 3 aliphatic heterocycles. The van der Waals surface area contributed by atoms with Gasteiger partial charge in [-0.1, -0.05) is 20.8 Å². The Hall–Kier alpha value is -5.22. The number of hydrogen-bond donors (Lipinski definition) is 9. The predicted molar refractivity (Wildman–Crippen MR) is 296 cm³/mol. The van der Waals surface area contributed by atoms with Crippen molar-refractivity contribution in [2.75, 3.05) is 17.3 Å². The van der Waals surface area contributed by atoms with Crippen LogP contribution in [0.1, 0.15) is 95.2 Å². The van der Waals surface area contributed by atoms with E-state index >= 15 is 0 Å². The lowest BCUT2D eigenvalue weighted by Gasteiger charge is -2.39. The molecule has 21 nitrogen and oxygen atoms in total. The van der Waals surface area contributed by atoms with E-state index in [0.29, 0.717) is 42.4 Å². The largest absolute Gasteiger partial charge is 0.552 e. The zero-order valence-corrected chi connectivity index (χ0v) is 45.4. The Kier molecular flexibility index (Phi) is 16.8. The van der Waals surface area contributed by atoms with E-state index in [1.54, 1.807) is 43.4 Å². The molecule has 0 aromatic carbocycles. The number of halogens is 1. The van der Waals surface area contributed by atoms with Crippen molar-refractivity contribution >= 4 is 111 Å². The molecule has 0 spiro atoms. The quantitative estimate of drug-likeness (QED) is 0.0543. The summed E-state index contributed by atoms with van der Waals surface area (Å²) in [5, 5.41) is 32.7. The minimum atomic E-state index is -3.20. The summed E-state index contributed by atoms with van der Waals surface area (Å²) in [4.78, 5) is 22.2. The number of hydrogen-bond acceptors (Lipinski definition) is 16. The summed E-state index contributed by atoms with van der Waals surface area (Å²) < 4.78 is 89.6. The number of fused-ring (bicyclic) bond motifs is 9. The second-order valence-electron chi connectivity index (χ2n) is 19.9. The summed E-state index contributed by atoms with van der Waals surface area (Å²) in [6.45, 7) is 5.47. The van der Waals surface area contributed by atoms with E-state index in [9.17, 15) is 40.3 Å². The lowest BCUT2D eigenvalue weighted by Crippen LogP contribution is -2.45. The van der Waals surface area contributed by atoms with Crippen LogP contribution in [0.3, 0.4) is 0 Å². The third-order valence-corrected chi connectivity index (χ3v) is 18.7. The van der Waals surface area contributed by atoms with Gasteiger partial charge in [-0.25, -0.2) is 49.6 Å². The minimum Gasteiger partial charge on any atom is -0.531 e. The molecule has 76 heavy (non-hydrogen) atoms. The molecule has 0 radical (unpaired) electrons. The monoisotopic (exact) mass is 1120 g/mol. The Morgan fingerprint density at radius 3 is 1.16 bits per heavy atom. The highest BCUT2D eigenvalue weighted by molar-refractivity contribution is 8.13. The number of sulfonamides is 2. The number of rotatable bonds is 13. The van der Waals surface area contributed by atoms with Gasteiger partial charge in [-0.05, 0) is 128 Å². The molecule has 0 saturated heterocycles. The van der Waals surface area contributed by atoms with Crippen molar-refractivity contribution in [2.45, 2.75) is 96.7 Å². The van der Waals surface area contributed by atoms with Crippen molar-refractivity contribution in [1.29, 1.82) is 0 Å². The van der Waals surface area contributed by atoms with Crippen LogP contribution in [0.4, 0.5) is 0 Å². The molecule has 6 aliphatic rings. The number of aromatic amines is 3. The molecule has 0 bridgehead atoms. The first kappa shape index (κ1) is 55.5. The van der Waals surface area contributed by atoms with E-state index in [-0.39, 0.29) is 47.2 Å². The first-order valence-corrected chi connectivity index (χ1v) is 31.3. The van der Waals surface area contributed by atoms with Crippen molar-refractivity contribution in [3.05, 3.63) is 90.0 Å². The molecule has 404 valence electrons. The van der Waals surface area contributed by atoms with Crippen LogP contribution in [-0.4, -0.2) is 127 Å². The van der Waals surface area contributed by atoms with Gasteiger partial charge < -0.3 is 49.7 Å². The highest BCUT2D eigenvalue weighted by Gasteiger charge is 2.41. The summed E-state index contributed by atoms with van der Waals surface area (Å²) in [6, 6.07) is 6.06. The zero-order valence-electron chi connectivity index (χ0n) is 42.1. The van der Waals surface area contributed by atoms with E-state index < -0.39 is 50.5 Å². The minimum absolute atomic E-state index is 0.0468. The second kappa shape index (κ2) is 23.0. The molecule has 3 saturated carbocycles. The average Bonchev–Trinajstić information content (AvgIpc) is 4.12. The lowest BCUT2D eigenvalue weighted by atomic mass is 9.68. The molecule has 0 amide bonds. The molecule has 9 heterocycles. The van der Waals surface area contributed by atoms with Crippen LogP contribution < -0.4 is 29.1 Å². The van der Waals surface area contributed by atoms with Gasteiger partial charge in [0.15, 0.2) is 0 Å². The Morgan fingerprint density at radius 1 is 0.566 bits per heavy atom. The number of nitrogens with one attached hydrogen (secondary N) is 5. The number of pyridine rings is 3. The lowest BCUT2D eigenvalue weighted by molar-refractivity contribution is 0.308. The van der Waals surface area contributed by atoms with E-state index in [1.165, 1.54) is 0 Å². The first-order chi connectivity index (χ1) is 36.2. The van der Waals surface area contributed by atoms with Crippen LogP contribution in [-0.2, 0) is 29.1 Å². The fourth-order valence-electron chi connectivity index (χ4n) is 10.6. The van der Waals surface area contributed by atoms with Gasteiger partial charge in [0.1, 0.15) is 34.2 Å². The van der Waals surface area contributed by atoms with Gasteiger partial charge >= 0.3 is 21.4 Å². The van der Waals surface area contributed by atoms with Gasteiger partial charge in [0.2, 0.25) is 29.1 Å². The maximum Gasteiger partial charge on any atom is 0.552 e. The molecular formula is C48H61B3ClN9O12S3. The number of allylic oxidation sites excluding steroid dienone is 3. The maximum atomic E-state index is 11.9. The molecule has 0 unspecified atom stereocenters. The van der Waals surface area contributed by atoms with E-state index in [4.69, 9.17) is 30.4 Å². The number of nitrogens with zero attached hydrogens (tertiary/aromatic N) is 3. The predicted octanol–water partition coefficient (Wildman–Crippen LogP) is 4.99. The summed E-state index contributed by atoms with van der Waals surface area (Å²) in [5.74, 6) is 8.18. The molecule has 28 heteroatoms. The topological polar surface area (TPSA) is 327 Å². The van der Waals surface area contributed by atoms with Gasteiger partial charge in [0.25, 0.3) is 0 Å². The fraction of sp³-hybridized carbons (Fsp3) is 0.438. The number of aromatic nitrogens is 6. The van der Waals surface area contributed by atoms with Crippen molar-refractivity contribution in [1.82, 2.24) is 39.3 Å². The van der Waals surface area contributed by atoms with E-state index in [0.717, 1.165) is 105 Å². The summed E-state index contributed by atoms with van der Waals surface area (Å²) >= 11 is 0. The number of nitrogens with two attached hydrogens (primary N) is 1. The Balaban J connectivity index is 0.000000132. The molecule has 3 aliphatic carbocycles. The molecule has 12 rings (SSSR count). The Morgan fingerprint density at radius 2 is 0.882 bits per heavy atom. The van der Waals surface area contributed by atoms with Crippen LogP contribution in [0.5, 0.6) is 17.2 Å². The standard InChI is InChI=1S/2C16H20BN3O4S.C13H14BN3O2.C3H7ClO2S/c2*1-2-5-25(22,23)20-11-6-10(7-11)13-8-17(21)24-14-9-19-16-12(15(13)14)3-4-18-16;15-8-3-7(4-8)10-5-14(18)19-11-6-17-13-9(12(10)11)1-2-16-13;1-2-3-7(4,5)6/h2*3-4,8-11,20-21H,2,5-7H2,1H3,(H,18,19);1-2,5-8,18H,3-4,15H2,(H,16,17);2-3H2,1H3. The van der Waals surface area contributed by atoms with E-state index in [1.807, 2.05) is 50.6 Å². The van der Waals surface area contributed by atoms with Gasteiger partial charge in [0, 0.05) is 80.2 Å². The Labute approximate surface area is 446 Å². The van der Waals surface area contributed by atoms with Gasteiger partial charge in [-0.3, -0.25) is 0 Å². The molecule has 10 N–H and O–H groups in total. The third kappa shape index (κ3) is 12.7. The van der Waals surface area contributed by atoms with Crippen molar-refractivity contribution in [3.8, 4) is 17.2 Å². The van der Waals surface area contributed by atoms with Crippen molar-refractivity contribution < 1.29 is 54.3 Å². The zero-order chi connectivity index (χ0) is 54.1. The first-order valence-electron chi connectivity index (χ1n) is 25.5. The smallest absolute Gasteiger partial charge is 0.531 e. The third-order valence-electron chi connectivity index (χ3n) is 14.1. The average molecular weight is 1120 g/mol. The van der Waals surface area contributed by atoms with Crippen molar-refractivity contribution in [2.24, 2.45) is 23.5 Å². The number of H-pyrrole nitrogens is 3. The second-order valence-corrected chi connectivity index (χ2v) is 26.5. The molecular weight excluding hydrogens is 1060 g/mol. The van der Waals surface area contributed by atoms with Crippen molar-refractivity contribution in [3.63, 3.8) is 0 Å². The molecule has 0 atom stereocenters. The Bertz CT molecular complexity index is 3370. The molecule has 3 fully saturated rings. The fourth-order valence-corrected chi connectivity index (χ4v) is 14.3. The van der Waals surface area contributed by atoms with Gasteiger partial charge in [-0.2, -0.15) is 0 Å². The molecule has 6 aromatic heterocycles. The van der Waals surface area contributed by atoms with Crippen LogP contribution in [0.25, 0.3) is 49.8 Å². The molecule has 6 aromatic rings. The van der Waals surface area contributed by atoms with E-state index in [2.05, 4.69) is 39.3 Å². The highest BCUT2D eigenvalue weighted by atomic mass is 35.7. The van der Waals surface area contributed by atoms with Gasteiger partial charge in [0.05, 0.1) is 35.8 Å². The van der Waals surface area contributed by atoms with Crippen LogP contribution in [0.15, 0.2) is 73.3 Å². The van der Waals surface area contributed by atoms with Crippen LogP contribution in [0, 0.1) is 17.8 Å². The SMILES string of the molecule is CCCS(=O)(=O)Cl.CCCS(=O)(=O)NC1CC(C2=CB(O)Oc3cnc4[nH]ccc4c32)C1.CCCS(=O)(=O)NC1CC(C2=CB(O)Oc3cnc4[nH]ccc4c32)C1.NC1CC(C2=CB(O)Oc3cnc4[nH]ccc4c32)C1. The van der Waals surface area contributed by atoms with Crippen LogP contribution >= 0.6 is 10.7 Å². The normalized spacial score (nSPS) is 22.6. The summed E-state index contributed by atoms with van der Waals surface area (Å²) in [6.07, 6.45) is 17.0. The van der Waals surface area contributed by atoms with Crippen LogP contribution in [0.2, 0.25) is 0 Å².